The van der Waals surface area contributed by atoms with Crippen LogP contribution in [0.4, 0.5) is 0 Å². The zero-order valence-corrected chi connectivity index (χ0v) is 22.0. The van der Waals surface area contributed by atoms with Crippen molar-refractivity contribution in [2.24, 2.45) is 56.7 Å². The molecule has 3 nitrogen and oxygen atoms in total. The SMILES string of the molecule is C=C(C)C1CCC2(CO)CC(O)C3(C)C(CCC4C5(C)CCC(=O)C(C)(C)C5CCC43C)C12. The molecule has 0 heterocycles. The molecule has 5 rings (SSSR count). The fourth-order valence-corrected chi connectivity index (χ4v) is 11.5. The van der Waals surface area contributed by atoms with Crippen LogP contribution >= 0.6 is 0 Å². The molecule has 0 amide bonds. The lowest BCUT2D eigenvalue weighted by Crippen LogP contribution is -2.70. The predicted molar refractivity (Wildman–Crippen MR) is 132 cm³/mol. The van der Waals surface area contributed by atoms with E-state index >= 15 is 0 Å². The van der Waals surface area contributed by atoms with Gasteiger partial charge in [-0.05, 0) is 104 Å². The molecular weight excluding hydrogens is 408 g/mol. The minimum absolute atomic E-state index is 0.0564. The van der Waals surface area contributed by atoms with Gasteiger partial charge in [-0.15, -0.1) is 0 Å². The van der Waals surface area contributed by atoms with E-state index in [2.05, 4.69) is 48.1 Å². The maximum Gasteiger partial charge on any atom is 0.138 e. The second-order valence-electron chi connectivity index (χ2n) is 14.4. The summed E-state index contributed by atoms with van der Waals surface area (Å²) in [5.41, 5.74) is 0.950. The summed E-state index contributed by atoms with van der Waals surface area (Å²) in [6.07, 6.45) is 8.74. The molecule has 0 saturated heterocycles. The lowest BCUT2D eigenvalue weighted by Gasteiger charge is -2.73. The standard InChI is InChI=1S/C30H48O3/c1-18(2)19-10-15-30(17-31)16-24(33)29(7)20(25(19)30)8-9-22-27(5)13-12-23(32)26(3,4)21(27)11-14-28(22,29)6/h19-22,24-25,31,33H,1,8-17H2,2-7H3. The number of hydrogen-bond donors (Lipinski definition) is 2. The van der Waals surface area contributed by atoms with Crippen molar-refractivity contribution >= 4 is 5.78 Å². The molecule has 0 aromatic rings. The summed E-state index contributed by atoms with van der Waals surface area (Å²) in [6, 6.07) is 0. The van der Waals surface area contributed by atoms with Crippen molar-refractivity contribution < 1.29 is 15.0 Å². The van der Waals surface area contributed by atoms with E-state index in [1.165, 1.54) is 12.0 Å². The Kier molecular flexibility index (Phi) is 5.24. The number of allylic oxidation sites excluding steroid dienone is 1. The van der Waals surface area contributed by atoms with Crippen LogP contribution in [0.25, 0.3) is 0 Å². The van der Waals surface area contributed by atoms with Crippen LogP contribution in [0.1, 0.15) is 99.3 Å². The van der Waals surface area contributed by atoms with Crippen LogP contribution in [0.2, 0.25) is 0 Å². The molecule has 0 spiro atoms. The average molecular weight is 457 g/mol. The number of Topliss-reactive ketones (excluding diaryl/α,β-unsaturated/α-hetero) is 1. The second-order valence-corrected chi connectivity index (χ2v) is 14.4. The van der Waals surface area contributed by atoms with E-state index in [-0.39, 0.29) is 39.8 Å². The molecule has 0 aromatic carbocycles. The number of ketones is 1. The molecule has 33 heavy (non-hydrogen) atoms. The molecule has 10 atom stereocenters. The van der Waals surface area contributed by atoms with Crippen LogP contribution in [-0.4, -0.2) is 28.7 Å². The Morgan fingerprint density at radius 3 is 2.33 bits per heavy atom. The maximum atomic E-state index is 12.9. The first-order valence-electron chi connectivity index (χ1n) is 13.8. The topological polar surface area (TPSA) is 57.5 Å². The molecule has 0 aliphatic heterocycles. The van der Waals surface area contributed by atoms with Crippen LogP contribution in [0, 0.1) is 56.7 Å². The molecule has 186 valence electrons. The number of hydrogen-bond acceptors (Lipinski definition) is 3. The Bertz CT molecular complexity index is 861. The van der Waals surface area contributed by atoms with Gasteiger partial charge in [0.1, 0.15) is 5.78 Å². The first-order valence-corrected chi connectivity index (χ1v) is 13.8. The zero-order chi connectivity index (χ0) is 24.2. The highest BCUT2D eigenvalue weighted by Crippen LogP contribution is 2.77. The predicted octanol–water partition coefficient (Wildman–Crippen LogP) is 6.18. The Morgan fingerprint density at radius 2 is 1.70 bits per heavy atom. The molecule has 10 unspecified atom stereocenters. The Hall–Kier alpha value is -0.670. The third-order valence-electron chi connectivity index (χ3n) is 13.3. The Balaban J connectivity index is 1.59. The van der Waals surface area contributed by atoms with Crippen molar-refractivity contribution in [3.63, 3.8) is 0 Å². The van der Waals surface area contributed by atoms with Crippen LogP contribution in [-0.2, 0) is 4.79 Å². The van der Waals surface area contributed by atoms with E-state index in [0.29, 0.717) is 41.8 Å². The molecular formula is C30H48O3. The van der Waals surface area contributed by atoms with Crippen molar-refractivity contribution in [1.82, 2.24) is 0 Å². The minimum atomic E-state index is -0.374. The Morgan fingerprint density at radius 1 is 1.00 bits per heavy atom. The summed E-state index contributed by atoms with van der Waals surface area (Å²) in [5.74, 6) is 2.76. The summed E-state index contributed by atoms with van der Waals surface area (Å²) in [6.45, 7) is 18.6. The van der Waals surface area contributed by atoms with Gasteiger partial charge in [0.15, 0.2) is 0 Å². The summed E-state index contributed by atoms with van der Waals surface area (Å²) in [7, 11) is 0. The van der Waals surface area contributed by atoms with E-state index in [4.69, 9.17) is 0 Å². The van der Waals surface area contributed by atoms with Crippen molar-refractivity contribution in [1.29, 1.82) is 0 Å². The molecule has 5 aliphatic carbocycles. The maximum absolute atomic E-state index is 12.9. The number of aliphatic hydroxyl groups excluding tert-OH is 2. The first-order chi connectivity index (χ1) is 15.3. The van der Waals surface area contributed by atoms with Gasteiger partial charge in [0.05, 0.1) is 6.10 Å². The van der Waals surface area contributed by atoms with Gasteiger partial charge in [0, 0.05) is 23.9 Å². The second kappa shape index (κ2) is 7.19. The molecule has 2 N–H and O–H groups in total. The average Bonchev–Trinajstić information content (AvgIpc) is 3.12. The molecule has 0 bridgehead atoms. The highest BCUT2D eigenvalue weighted by Gasteiger charge is 2.73. The van der Waals surface area contributed by atoms with Gasteiger partial charge in [-0.2, -0.15) is 0 Å². The van der Waals surface area contributed by atoms with E-state index in [1.807, 2.05) is 0 Å². The monoisotopic (exact) mass is 456 g/mol. The van der Waals surface area contributed by atoms with Gasteiger partial charge in [-0.3, -0.25) is 4.79 Å². The third-order valence-corrected chi connectivity index (χ3v) is 13.3. The molecule has 3 heteroatoms. The molecule has 5 saturated carbocycles. The van der Waals surface area contributed by atoms with E-state index in [1.54, 1.807) is 0 Å². The van der Waals surface area contributed by atoms with Gasteiger partial charge in [-0.1, -0.05) is 46.8 Å². The van der Waals surface area contributed by atoms with Crippen LogP contribution in [0.5, 0.6) is 0 Å². The van der Waals surface area contributed by atoms with Gasteiger partial charge in [0.2, 0.25) is 0 Å². The number of carbonyl (C=O) groups excluding carboxylic acids is 1. The highest BCUT2D eigenvalue weighted by atomic mass is 16.3. The molecule has 0 aromatic heterocycles. The summed E-state index contributed by atoms with van der Waals surface area (Å²) >= 11 is 0. The summed E-state index contributed by atoms with van der Waals surface area (Å²) in [4.78, 5) is 12.9. The minimum Gasteiger partial charge on any atom is -0.396 e. The summed E-state index contributed by atoms with van der Waals surface area (Å²) < 4.78 is 0. The van der Waals surface area contributed by atoms with E-state index < -0.39 is 0 Å². The van der Waals surface area contributed by atoms with Crippen LogP contribution in [0.3, 0.4) is 0 Å². The normalized spacial score (nSPS) is 55.2. The van der Waals surface area contributed by atoms with Crippen molar-refractivity contribution in [3.8, 4) is 0 Å². The quantitative estimate of drug-likeness (QED) is 0.488. The van der Waals surface area contributed by atoms with Crippen molar-refractivity contribution in [2.75, 3.05) is 6.61 Å². The fourth-order valence-electron chi connectivity index (χ4n) is 11.5. The van der Waals surface area contributed by atoms with Gasteiger partial charge in [-0.25, -0.2) is 0 Å². The number of rotatable bonds is 2. The largest absolute Gasteiger partial charge is 0.396 e. The molecule has 5 fully saturated rings. The fraction of sp³-hybridized carbons (Fsp3) is 0.900. The van der Waals surface area contributed by atoms with Gasteiger partial charge >= 0.3 is 0 Å². The lowest BCUT2D eigenvalue weighted by molar-refractivity contribution is -0.270. The van der Waals surface area contributed by atoms with Gasteiger partial charge < -0.3 is 10.2 Å². The van der Waals surface area contributed by atoms with E-state index in [0.717, 1.165) is 44.9 Å². The number of carbonyl (C=O) groups is 1. The number of fused-ring (bicyclic) bond motifs is 7. The zero-order valence-electron chi connectivity index (χ0n) is 22.0. The van der Waals surface area contributed by atoms with Crippen LogP contribution in [0.15, 0.2) is 12.2 Å². The summed E-state index contributed by atoms with van der Waals surface area (Å²) in [5, 5.41) is 22.6. The molecule has 0 radical (unpaired) electrons. The molecule has 5 aliphatic rings. The van der Waals surface area contributed by atoms with E-state index in [9.17, 15) is 15.0 Å². The van der Waals surface area contributed by atoms with Crippen molar-refractivity contribution in [2.45, 2.75) is 105 Å². The highest BCUT2D eigenvalue weighted by molar-refractivity contribution is 5.85. The van der Waals surface area contributed by atoms with Gasteiger partial charge in [0.25, 0.3) is 0 Å². The van der Waals surface area contributed by atoms with Crippen LogP contribution < -0.4 is 0 Å². The first kappa shape index (κ1) is 24.0. The number of aliphatic hydroxyl groups is 2. The Labute approximate surface area is 201 Å². The third kappa shape index (κ3) is 2.73. The van der Waals surface area contributed by atoms with Crippen molar-refractivity contribution in [3.05, 3.63) is 12.2 Å². The smallest absolute Gasteiger partial charge is 0.138 e. The lowest BCUT2D eigenvalue weighted by atomic mass is 9.32.